The first kappa shape index (κ1) is 18.8. The predicted octanol–water partition coefficient (Wildman–Crippen LogP) is 1.11. The number of rotatable bonds is 7. The minimum atomic E-state index is -1.19. The summed E-state index contributed by atoms with van der Waals surface area (Å²) in [6.07, 6.45) is 5.54. The Morgan fingerprint density at radius 3 is 2.69 bits per heavy atom. The molecule has 0 bridgehead atoms. The van der Waals surface area contributed by atoms with Crippen molar-refractivity contribution in [1.29, 1.82) is 0 Å². The van der Waals surface area contributed by atoms with Crippen LogP contribution in [0.2, 0.25) is 0 Å². The molecule has 0 spiro atoms. The molecule has 0 aliphatic carbocycles. The lowest BCUT2D eigenvalue weighted by molar-refractivity contribution is -0.0953. The molecule has 2 aromatic heterocycles. The molecule has 0 amide bonds. The SMILES string of the molecule is CCCCn1cnc2c1c(=O)n(CC1(O)CCCOC1)c(=O)n2CCC. The van der Waals surface area contributed by atoms with Crippen LogP contribution < -0.4 is 11.2 Å². The Kier molecular flexibility index (Phi) is 5.62. The number of unbranched alkanes of at least 4 members (excludes halogenated alkanes) is 1. The zero-order chi connectivity index (χ0) is 18.7. The van der Waals surface area contributed by atoms with Gasteiger partial charge in [-0.25, -0.2) is 9.78 Å². The Morgan fingerprint density at radius 1 is 1.23 bits per heavy atom. The molecule has 1 fully saturated rings. The van der Waals surface area contributed by atoms with E-state index < -0.39 is 11.3 Å². The van der Waals surface area contributed by atoms with E-state index in [9.17, 15) is 14.7 Å². The number of imidazole rings is 1. The Labute approximate surface area is 152 Å². The highest BCUT2D eigenvalue weighted by Gasteiger charge is 2.32. The number of aryl methyl sites for hydroxylation is 2. The van der Waals surface area contributed by atoms with Crippen LogP contribution >= 0.6 is 0 Å². The van der Waals surface area contributed by atoms with E-state index in [0.717, 1.165) is 23.8 Å². The molecule has 1 aliphatic heterocycles. The first-order valence-electron chi connectivity index (χ1n) is 9.49. The normalized spacial score (nSPS) is 20.7. The quantitative estimate of drug-likeness (QED) is 0.795. The van der Waals surface area contributed by atoms with Gasteiger partial charge in [-0.1, -0.05) is 20.3 Å². The second kappa shape index (κ2) is 7.75. The Hall–Kier alpha value is -1.93. The van der Waals surface area contributed by atoms with Crippen molar-refractivity contribution in [3.63, 3.8) is 0 Å². The molecule has 8 heteroatoms. The molecule has 2 aromatic rings. The third kappa shape index (κ3) is 3.48. The van der Waals surface area contributed by atoms with Gasteiger partial charge in [0.1, 0.15) is 5.60 Å². The maximum absolute atomic E-state index is 13.1. The topological polar surface area (TPSA) is 91.3 Å². The van der Waals surface area contributed by atoms with Gasteiger partial charge in [-0.3, -0.25) is 13.9 Å². The molecule has 8 nitrogen and oxygen atoms in total. The number of aliphatic hydroxyl groups is 1. The molecule has 0 radical (unpaired) electrons. The predicted molar refractivity (Wildman–Crippen MR) is 98.5 cm³/mol. The average Bonchev–Trinajstić information content (AvgIpc) is 3.05. The third-order valence-electron chi connectivity index (χ3n) is 4.94. The molecular formula is C18H28N4O4. The fourth-order valence-electron chi connectivity index (χ4n) is 3.56. The van der Waals surface area contributed by atoms with Crippen LogP contribution in [-0.4, -0.2) is 42.6 Å². The summed E-state index contributed by atoms with van der Waals surface area (Å²) in [7, 11) is 0. The van der Waals surface area contributed by atoms with Crippen LogP contribution in [0, 0.1) is 0 Å². The number of nitrogens with zero attached hydrogens (tertiary/aromatic N) is 4. The van der Waals surface area contributed by atoms with Crippen LogP contribution in [0.4, 0.5) is 0 Å². The summed E-state index contributed by atoms with van der Waals surface area (Å²) in [6, 6.07) is 0. The van der Waals surface area contributed by atoms with Gasteiger partial charge in [0.15, 0.2) is 11.2 Å². The van der Waals surface area contributed by atoms with E-state index in [-0.39, 0.29) is 18.7 Å². The third-order valence-corrected chi connectivity index (χ3v) is 4.94. The number of fused-ring (bicyclic) bond motifs is 1. The molecule has 0 saturated carbocycles. The van der Waals surface area contributed by atoms with Gasteiger partial charge >= 0.3 is 5.69 Å². The molecule has 26 heavy (non-hydrogen) atoms. The molecule has 1 saturated heterocycles. The number of hydrogen-bond donors (Lipinski definition) is 1. The van der Waals surface area contributed by atoms with Crippen LogP contribution in [0.3, 0.4) is 0 Å². The molecule has 1 aliphatic rings. The summed E-state index contributed by atoms with van der Waals surface area (Å²) in [5.41, 5.74) is -1.12. The maximum Gasteiger partial charge on any atom is 0.332 e. The van der Waals surface area contributed by atoms with Crippen molar-refractivity contribution in [3.8, 4) is 0 Å². The monoisotopic (exact) mass is 364 g/mol. The van der Waals surface area contributed by atoms with Gasteiger partial charge in [0, 0.05) is 19.7 Å². The lowest BCUT2D eigenvalue weighted by atomic mass is 9.97. The summed E-state index contributed by atoms with van der Waals surface area (Å²) in [6.45, 7) is 5.91. The average molecular weight is 364 g/mol. The first-order chi connectivity index (χ1) is 12.5. The summed E-state index contributed by atoms with van der Waals surface area (Å²) in [5.74, 6) is 0. The second-order valence-corrected chi connectivity index (χ2v) is 7.17. The molecule has 1 unspecified atom stereocenters. The molecule has 0 aromatic carbocycles. The minimum absolute atomic E-state index is 0.0523. The zero-order valence-electron chi connectivity index (χ0n) is 15.6. The highest BCUT2D eigenvalue weighted by Crippen LogP contribution is 2.20. The smallest absolute Gasteiger partial charge is 0.332 e. The van der Waals surface area contributed by atoms with E-state index >= 15 is 0 Å². The first-order valence-corrected chi connectivity index (χ1v) is 9.49. The summed E-state index contributed by atoms with van der Waals surface area (Å²) in [5, 5.41) is 10.8. The van der Waals surface area contributed by atoms with E-state index in [1.54, 1.807) is 10.9 Å². The second-order valence-electron chi connectivity index (χ2n) is 7.17. The molecule has 1 N–H and O–H groups in total. The fraction of sp³-hybridized carbons (Fsp3) is 0.722. The van der Waals surface area contributed by atoms with E-state index in [0.29, 0.717) is 43.7 Å². The number of ether oxygens (including phenoxy) is 1. The van der Waals surface area contributed by atoms with Crippen molar-refractivity contribution in [3.05, 3.63) is 27.2 Å². The van der Waals surface area contributed by atoms with E-state index in [4.69, 9.17) is 4.74 Å². The lowest BCUT2D eigenvalue weighted by Gasteiger charge is -2.32. The molecule has 3 heterocycles. The zero-order valence-corrected chi connectivity index (χ0v) is 15.6. The van der Waals surface area contributed by atoms with Crippen LogP contribution in [0.5, 0.6) is 0 Å². The number of aromatic nitrogens is 4. The van der Waals surface area contributed by atoms with Gasteiger partial charge in [-0.2, -0.15) is 0 Å². The summed E-state index contributed by atoms with van der Waals surface area (Å²) in [4.78, 5) is 30.4. The number of hydrogen-bond acceptors (Lipinski definition) is 5. The fourth-order valence-corrected chi connectivity index (χ4v) is 3.56. The standard InChI is InChI=1S/C18H28N4O4/c1-3-5-9-20-13-19-15-14(20)16(23)22(17(24)21(15)8-4-2)11-18(25)7-6-10-26-12-18/h13,25H,3-12H2,1-2H3. The highest BCUT2D eigenvalue weighted by atomic mass is 16.5. The Bertz CT molecular complexity index is 874. The van der Waals surface area contributed by atoms with Gasteiger partial charge in [-0.05, 0) is 25.7 Å². The lowest BCUT2D eigenvalue weighted by Crippen LogP contribution is -2.50. The van der Waals surface area contributed by atoms with Crippen LogP contribution in [-0.2, 0) is 24.4 Å². The van der Waals surface area contributed by atoms with Gasteiger partial charge < -0.3 is 14.4 Å². The van der Waals surface area contributed by atoms with E-state index in [2.05, 4.69) is 11.9 Å². The molecular weight excluding hydrogens is 336 g/mol. The van der Waals surface area contributed by atoms with Crippen LogP contribution in [0.1, 0.15) is 46.0 Å². The van der Waals surface area contributed by atoms with Crippen molar-refractivity contribution >= 4 is 11.2 Å². The summed E-state index contributed by atoms with van der Waals surface area (Å²) < 4.78 is 9.91. The van der Waals surface area contributed by atoms with Crippen molar-refractivity contribution in [2.45, 2.75) is 71.2 Å². The van der Waals surface area contributed by atoms with Gasteiger partial charge in [0.25, 0.3) is 5.56 Å². The van der Waals surface area contributed by atoms with Gasteiger partial charge in [-0.15, -0.1) is 0 Å². The summed E-state index contributed by atoms with van der Waals surface area (Å²) >= 11 is 0. The van der Waals surface area contributed by atoms with Gasteiger partial charge in [0.05, 0.1) is 19.5 Å². The van der Waals surface area contributed by atoms with Crippen molar-refractivity contribution in [2.75, 3.05) is 13.2 Å². The maximum atomic E-state index is 13.1. The van der Waals surface area contributed by atoms with Gasteiger partial charge in [0.2, 0.25) is 0 Å². The van der Waals surface area contributed by atoms with E-state index in [1.807, 2.05) is 11.5 Å². The largest absolute Gasteiger partial charge is 0.386 e. The molecule has 3 rings (SSSR count). The Morgan fingerprint density at radius 2 is 2.04 bits per heavy atom. The van der Waals surface area contributed by atoms with Crippen molar-refractivity contribution in [2.24, 2.45) is 0 Å². The van der Waals surface area contributed by atoms with Crippen LogP contribution in [0.15, 0.2) is 15.9 Å². The van der Waals surface area contributed by atoms with Crippen LogP contribution in [0.25, 0.3) is 11.2 Å². The molecule has 1 atom stereocenters. The van der Waals surface area contributed by atoms with Crippen molar-refractivity contribution < 1.29 is 9.84 Å². The Balaban J connectivity index is 2.14. The minimum Gasteiger partial charge on any atom is -0.386 e. The van der Waals surface area contributed by atoms with E-state index in [1.165, 1.54) is 0 Å². The molecule has 144 valence electrons. The van der Waals surface area contributed by atoms with Crippen molar-refractivity contribution in [1.82, 2.24) is 18.7 Å². The highest BCUT2D eigenvalue weighted by molar-refractivity contribution is 5.70.